The molecule has 1 aromatic heterocycles. The van der Waals surface area contributed by atoms with Crippen molar-refractivity contribution in [3.63, 3.8) is 0 Å². The van der Waals surface area contributed by atoms with Crippen molar-refractivity contribution in [1.82, 2.24) is 10.2 Å². The third-order valence-corrected chi connectivity index (χ3v) is 12.3. The summed E-state index contributed by atoms with van der Waals surface area (Å²) in [7, 11) is 4.50. The van der Waals surface area contributed by atoms with Crippen molar-refractivity contribution in [3.05, 3.63) is 106 Å². The van der Waals surface area contributed by atoms with Crippen molar-refractivity contribution in [1.29, 1.82) is 0 Å². The van der Waals surface area contributed by atoms with Gasteiger partial charge in [0.25, 0.3) is 0 Å². The number of hydrogen-bond acceptors (Lipinski definition) is 6. The zero-order valence-electron chi connectivity index (χ0n) is 25.0. The second-order valence-corrected chi connectivity index (χ2v) is 15.5. The summed E-state index contributed by atoms with van der Waals surface area (Å²) in [6, 6.07) is 18.1. The molecule has 0 saturated carbocycles. The molecule has 2 aromatic carbocycles. The number of benzene rings is 2. The first-order valence-electron chi connectivity index (χ1n) is 14.3. The molecule has 0 spiro atoms. The number of nitrogens with zero attached hydrogens (tertiary/aromatic N) is 3. The third-order valence-electron chi connectivity index (χ3n) is 9.16. The summed E-state index contributed by atoms with van der Waals surface area (Å²) in [5, 5.41) is 8.89. The molecule has 212 valence electrons. The van der Waals surface area contributed by atoms with Crippen LogP contribution in [0.25, 0.3) is 0 Å². The van der Waals surface area contributed by atoms with Crippen LogP contribution in [0.5, 0.6) is 0 Å². The average Bonchev–Trinajstić information content (AvgIpc) is 3.67. The second kappa shape index (κ2) is 10.9. The van der Waals surface area contributed by atoms with Gasteiger partial charge >= 0.3 is 0 Å². The molecule has 3 heterocycles. The molecule has 0 saturated heterocycles. The van der Waals surface area contributed by atoms with Crippen molar-refractivity contribution >= 4 is 46.2 Å². The highest BCUT2D eigenvalue weighted by atomic mass is 32.2. The molecule has 2 unspecified atom stereocenters. The van der Waals surface area contributed by atoms with Crippen molar-refractivity contribution in [3.8, 4) is 0 Å². The van der Waals surface area contributed by atoms with Crippen LogP contribution in [0.3, 0.4) is 0 Å². The van der Waals surface area contributed by atoms with Crippen LogP contribution in [0.4, 0.5) is 11.4 Å². The summed E-state index contributed by atoms with van der Waals surface area (Å²) in [5.74, 6) is 0. The van der Waals surface area contributed by atoms with E-state index in [1.54, 1.807) is 34.9 Å². The van der Waals surface area contributed by atoms with Crippen LogP contribution in [0, 0.1) is 0 Å². The third kappa shape index (κ3) is 4.95. The summed E-state index contributed by atoms with van der Waals surface area (Å²) in [4.78, 5) is 5.16. The van der Waals surface area contributed by atoms with Crippen LogP contribution < -0.4 is 9.80 Å². The minimum Gasteiger partial charge on any atom is -0.347 e. The smallest absolute Gasteiger partial charge is 0.179 e. The Hall–Kier alpha value is -2.58. The van der Waals surface area contributed by atoms with Gasteiger partial charge in [-0.1, -0.05) is 97.3 Å². The van der Waals surface area contributed by atoms with Crippen molar-refractivity contribution in [2.45, 2.75) is 66.1 Å². The number of aromatic nitrogens is 2. The van der Waals surface area contributed by atoms with E-state index >= 15 is 0 Å². The quantitative estimate of drug-likeness (QED) is 0.294. The van der Waals surface area contributed by atoms with Gasteiger partial charge in [-0.25, -0.2) is 0 Å². The summed E-state index contributed by atoms with van der Waals surface area (Å²) in [5.41, 5.74) is 9.71. The van der Waals surface area contributed by atoms with Gasteiger partial charge in [0.1, 0.15) is 11.7 Å². The number of para-hydroxylation sites is 2. The van der Waals surface area contributed by atoms with Crippen molar-refractivity contribution in [2.75, 3.05) is 25.3 Å². The zero-order chi connectivity index (χ0) is 28.9. The van der Waals surface area contributed by atoms with E-state index in [4.69, 9.17) is 0 Å². The van der Waals surface area contributed by atoms with Gasteiger partial charge in [0, 0.05) is 34.3 Å². The Morgan fingerprint density at radius 2 is 1.66 bits per heavy atom. The standard InChI is InChI=1S/C34H38N4S3/c1-33(2)24-12-8-10-14-26(24)37(5)28(33)20-18-22-16-17-23(30(22)40-32-36-35-31(39-7)41-32)19-21-29-34(3,4)25-13-9-11-15-27(25)38(29)6/h8-15,18-21,28H,16-17H2,1-7H3/p+1/b20-18+,23-19+,29-21+. The van der Waals surface area contributed by atoms with Crippen molar-refractivity contribution in [2.24, 2.45) is 0 Å². The Morgan fingerprint density at radius 3 is 2.37 bits per heavy atom. The molecular formula is C34H39N4S3+. The number of rotatable bonds is 6. The predicted octanol–water partition coefficient (Wildman–Crippen LogP) is 7.70. The Balaban J connectivity index is 1.36. The lowest BCUT2D eigenvalue weighted by molar-refractivity contribution is -0.828. The van der Waals surface area contributed by atoms with Gasteiger partial charge in [-0.3, -0.25) is 4.90 Å². The van der Waals surface area contributed by atoms with Crippen LogP contribution in [-0.4, -0.2) is 36.6 Å². The summed E-state index contributed by atoms with van der Waals surface area (Å²) >= 11 is 5.13. The molecule has 1 N–H and O–H groups in total. The van der Waals surface area contributed by atoms with Crippen LogP contribution in [-0.2, 0) is 10.8 Å². The van der Waals surface area contributed by atoms with Gasteiger partial charge in [0.15, 0.2) is 8.68 Å². The number of anilines is 1. The SMILES string of the molecule is CSc1nnc(SC2=C(/C=C/C3[NH+](C)c4ccccc4C3(C)C)CC/C2=C\C=C2\N(C)c3ccccc3C2(C)C)s1. The average molecular weight is 600 g/mol. The minimum absolute atomic E-state index is 0.0380. The maximum Gasteiger partial charge on any atom is 0.179 e. The number of quaternary nitrogens is 1. The number of likely N-dealkylation sites (N-methyl/N-ethyl adjacent to an activating group) is 2. The highest BCUT2D eigenvalue weighted by Gasteiger charge is 2.46. The lowest BCUT2D eigenvalue weighted by atomic mass is 9.80. The Labute approximate surface area is 257 Å². The molecular weight excluding hydrogens is 561 g/mol. The van der Waals surface area contributed by atoms with E-state index in [2.05, 4.69) is 136 Å². The fourth-order valence-corrected chi connectivity index (χ4v) is 9.58. The van der Waals surface area contributed by atoms with Crippen molar-refractivity contribution < 1.29 is 4.90 Å². The number of allylic oxidation sites excluding steroid dienone is 6. The molecule has 7 heteroatoms. The highest BCUT2D eigenvalue weighted by molar-refractivity contribution is 8.05. The molecule has 3 aliphatic rings. The number of fused-ring (bicyclic) bond motifs is 2. The monoisotopic (exact) mass is 599 g/mol. The number of hydrogen-bond donors (Lipinski definition) is 1. The summed E-state index contributed by atoms with van der Waals surface area (Å²) in [6.07, 6.45) is 13.7. The van der Waals surface area contributed by atoms with Crippen LogP contribution in [0.1, 0.15) is 51.7 Å². The van der Waals surface area contributed by atoms with E-state index in [1.807, 2.05) is 0 Å². The molecule has 6 rings (SSSR count). The first-order valence-corrected chi connectivity index (χ1v) is 17.1. The summed E-state index contributed by atoms with van der Waals surface area (Å²) < 4.78 is 2.02. The van der Waals surface area contributed by atoms with Gasteiger partial charge in [-0.05, 0) is 73.9 Å². The van der Waals surface area contributed by atoms with E-state index < -0.39 is 0 Å². The van der Waals surface area contributed by atoms with Gasteiger partial charge in [0.05, 0.1) is 12.5 Å². The Bertz CT molecular complexity index is 1610. The molecule has 2 atom stereocenters. The van der Waals surface area contributed by atoms with E-state index in [1.165, 1.54) is 49.1 Å². The van der Waals surface area contributed by atoms with Gasteiger partial charge in [-0.15, -0.1) is 10.2 Å². The van der Waals surface area contributed by atoms with Crippen LogP contribution in [0.15, 0.2) is 103 Å². The largest absolute Gasteiger partial charge is 0.347 e. The van der Waals surface area contributed by atoms with E-state index in [-0.39, 0.29) is 10.8 Å². The number of nitrogens with one attached hydrogen (secondary N) is 1. The van der Waals surface area contributed by atoms with Gasteiger partial charge in [-0.2, -0.15) is 0 Å². The fraction of sp³-hybridized carbons (Fsp3) is 0.353. The molecule has 2 aliphatic heterocycles. The van der Waals surface area contributed by atoms with E-state index in [9.17, 15) is 0 Å². The molecule has 0 amide bonds. The lowest BCUT2D eigenvalue weighted by Gasteiger charge is -2.25. The Kier molecular flexibility index (Phi) is 7.60. The molecule has 1 aliphatic carbocycles. The van der Waals surface area contributed by atoms with Gasteiger partial charge in [0.2, 0.25) is 0 Å². The molecule has 41 heavy (non-hydrogen) atoms. The maximum atomic E-state index is 4.52. The first-order chi connectivity index (χ1) is 19.6. The highest BCUT2D eigenvalue weighted by Crippen LogP contribution is 2.48. The molecule has 4 nitrogen and oxygen atoms in total. The van der Waals surface area contributed by atoms with E-state index in [0.29, 0.717) is 6.04 Å². The van der Waals surface area contributed by atoms with E-state index in [0.717, 1.165) is 21.5 Å². The predicted molar refractivity (Wildman–Crippen MR) is 177 cm³/mol. The fourth-order valence-electron chi connectivity index (χ4n) is 6.90. The van der Waals surface area contributed by atoms with Crippen LogP contribution >= 0.6 is 34.9 Å². The second-order valence-electron chi connectivity index (χ2n) is 12.2. The first kappa shape index (κ1) is 28.5. The summed E-state index contributed by atoms with van der Waals surface area (Å²) in [6.45, 7) is 9.44. The molecule has 0 radical (unpaired) electrons. The lowest BCUT2D eigenvalue weighted by Crippen LogP contribution is -3.07. The number of thioether (sulfide) groups is 2. The van der Waals surface area contributed by atoms with Crippen LogP contribution in [0.2, 0.25) is 0 Å². The topological polar surface area (TPSA) is 33.5 Å². The maximum absolute atomic E-state index is 4.52. The normalized spacial score (nSPS) is 24.7. The minimum atomic E-state index is -0.0380. The molecule has 0 bridgehead atoms. The zero-order valence-corrected chi connectivity index (χ0v) is 27.4. The molecule has 3 aromatic rings. The Morgan fingerprint density at radius 1 is 0.951 bits per heavy atom. The molecule has 0 fully saturated rings. The van der Waals surface area contributed by atoms with Gasteiger partial charge < -0.3 is 4.90 Å².